The summed E-state index contributed by atoms with van der Waals surface area (Å²) in [7, 11) is 0. The molecule has 1 aromatic rings. The third-order valence-electron chi connectivity index (χ3n) is 5.99. The molecule has 1 aliphatic heterocycles. The van der Waals surface area contributed by atoms with E-state index in [1.165, 1.54) is 31.2 Å². The van der Waals surface area contributed by atoms with Gasteiger partial charge in [0.2, 0.25) is 0 Å². The molecule has 20 heavy (non-hydrogen) atoms. The first-order valence-corrected chi connectivity index (χ1v) is 8.19. The summed E-state index contributed by atoms with van der Waals surface area (Å²) in [5.74, 6) is 0. The van der Waals surface area contributed by atoms with Crippen LogP contribution in [0.5, 0.6) is 0 Å². The van der Waals surface area contributed by atoms with E-state index < -0.39 is 0 Å². The SMILES string of the molecule is CCC1(CC)CCN(C2Cc3ccccc3C2O)CC1. The van der Waals surface area contributed by atoms with E-state index in [0.717, 1.165) is 25.1 Å². The zero-order chi connectivity index (χ0) is 14.2. The largest absolute Gasteiger partial charge is 0.387 e. The highest BCUT2D eigenvalue weighted by Gasteiger charge is 2.39. The maximum absolute atomic E-state index is 10.6. The quantitative estimate of drug-likeness (QED) is 0.910. The zero-order valence-corrected chi connectivity index (χ0v) is 12.8. The van der Waals surface area contributed by atoms with Crippen molar-refractivity contribution in [2.45, 2.75) is 58.1 Å². The highest BCUT2D eigenvalue weighted by molar-refractivity contribution is 5.36. The number of aliphatic hydroxyl groups excluding tert-OH is 1. The monoisotopic (exact) mass is 273 g/mol. The van der Waals surface area contributed by atoms with Crippen molar-refractivity contribution < 1.29 is 5.11 Å². The molecule has 0 saturated carbocycles. The number of benzene rings is 1. The molecular formula is C18H27NO. The molecule has 2 nitrogen and oxygen atoms in total. The van der Waals surface area contributed by atoms with Crippen molar-refractivity contribution in [2.75, 3.05) is 13.1 Å². The van der Waals surface area contributed by atoms with Gasteiger partial charge in [0.05, 0.1) is 6.10 Å². The van der Waals surface area contributed by atoms with E-state index in [0.29, 0.717) is 11.5 Å². The number of aliphatic hydroxyl groups is 1. The van der Waals surface area contributed by atoms with E-state index in [-0.39, 0.29) is 6.10 Å². The molecule has 1 heterocycles. The number of hydrogen-bond donors (Lipinski definition) is 1. The van der Waals surface area contributed by atoms with Crippen molar-refractivity contribution in [3.8, 4) is 0 Å². The fraction of sp³-hybridized carbons (Fsp3) is 0.667. The summed E-state index contributed by atoms with van der Waals surface area (Å²) in [6, 6.07) is 8.69. The van der Waals surface area contributed by atoms with Gasteiger partial charge in [-0.3, -0.25) is 4.90 Å². The fourth-order valence-electron chi connectivity index (χ4n) is 4.17. The normalized spacial score (nSPS) is 29.4. The Morgan fingerprint density at radius 2 is 1.80 bits per heavy atom. The lowest BCUT2D eigenvalue weighted by molar-refractivity contribution is 0.0130. The Kier molecular flexibility index (Phi) is 3.87. The molecule has 1 aromatic carbocycles. The van der Waals surface area contributed by atoms with Gasteiger partial charge in [-0.2, -0.15) is 0 Å². The smallest absolute Gasteiger partial charge is 0.0951 e. The van der Waals surface area contributed by atoms with Gasteiger partial charge in [-0.1, -0.05) is 51.0 Å². The summed E-state index contributed by atoms with van der Waals surface area (Å²) >= 11 is 0. The first-order chi connectivity index (χ1) is 9.69. The van der Waals surface area contributed by atoms with Crippen LogP contribution in [0.2, 0.25) is 0 Å². The summed E-state index contributed by atoms with van der Waals surface area (Å²) in [6.45, 7) is 6.97. The van der Waals surface area contributed by atoms with Crippen LogP contribution in [-0.2, 0) is 6.42 Å². The maximum Gasteiger partial charge on any atom is 0.0951 e. The Labute approximate surface area is 122 Å². The molecule has 110 valence electrons. The second-order valence-electron chi connectivity index (χ2n) is 6.66. The molecule has 0 spiro atoms. The summed E-state index contributed by atoms with van der Waals surface area (Å²) in [4.78, 5) is 2.54. The predicted molar refractivity (Wildman–Crippen MR) is 82.7 cm³/mol. The highest BCUT2D eigenvalue weighted by atomic mass is 16.3. The molecule has 1 fully saturated rings. The van der Waals surface area contributed by atoms with Gasteiger partial charge >= 0.3 is 0 Å². The lowest BCUT2D eigenvalue weighted by Gasteiger charge is -2.44. The molecular weight excluding hydrogens is 246 g/mol. The number of likely N-dealkylation sites (tertiary alicyclic amines) is 1. The van der Waals surface area contributed by atoms with E-state index >= 15 is 0 Å². The standard InChI is InChI=1S/C18H27NO/c1-3-18(4-2)9-11-19(12-10-18)16-13-14-7-5-6-8-15(14)17(16)20/h5-8,16-17,20H,3-4,9-13H2,1-2H3. The van der Waals surface area contributed by atoms with E-state index in [9.17, 15) is 5.11 Å². The summed E-state index contributed by atoms with van der Waals surface area (Å²) in [6.07, 6.45) is 5.90. The third kappa shape index (κ3) is 2.29. The number of nitrogens with zero attached hydrogens (tertiary/aromatic N) is 1. The van der Waals surface area contributed by atoms with Gasteiger partial charge in [-0.25, -0.2) is 0 Å². The van der Waals surface area contributed by atoms with Crippen LogP contribution in [-0.4, -0.2) is 29.1 Å². The molecule has 0 radical (unpaired) electrons. The second-order valence-corrected chi connectivity index (χ2v) is 6.66. The molecule has 2 aliphatic rings. The van der Waals surface area contributed by atoms with Gasteiger partial charge in [-0.05, 0) is 48.9 Å². The van der Waals surface area contributed by atoms with Crippen molar-refractivity contribution in [3.05, 3.63) is 35.4 Å². The van der Waals surface area contributed by atoms with E-state index in [2.05, 4.69) is 36.9 Å². The van der Waals surface area contributed by atoms with Gasteiger partial charge in [0.15, 0.2) is 0 Å². The molecule has 0 aromatic heterocycles. The molecule has 1 saturated heterocycles. The molecule has 3 rings (SSSR count). The van der Waals surface area contributed by atoms with Crippen molar-refractivity contribution in [3.63, 3.8) is 0 Å². The highest BCUT2D eigenvalue weighted by Crippen LogP contribution is 2.41. The van der Waals surface area contributed by atoms with Gasteiger partial charge in [0.25, 0.3) is 0 Å². The third-order valence-corrected chi connectivity index (χ3v) is 5.99. The minimum Gasteiger partial charge on any atom is -0.387 e. The van der Waals surface area contributed by atoms with Crippen molar-refractivity contribution in [1.82, 2.24) is 4.90 Å². The van der Waals surface area contributed by atoms with Gasteiger partial charge in [0.1, 0.15) is 0 Å². The zero-order valence-electron chi connectivity index (χ0n) is 12.8. The van der Waals surface area contributed by atoms with Crippen molar-refractivity contribution in [2.24, 2.45) is 5.41 Å². The van der Waals surface area contributed by atoms with Gasteiger partial charge in [0, 0.05) is 6.04 Å². The molecule has 0 amide bonds. The van der Waals surface area contributed by atoms with Crippen LogP contribution >= 0.6 is 0 Å². The lowest BCUT2D eigenvalue weighted by Crippen LogP contribution is -2.46. The Bertz CT molecular complexity index is 456. The van der Waals surface area contributed by atoms with Crippen LogP contribution in [0.25, 0.3) is 0 Å². The molecule has 2 unspecified atom stereocenters. The van der Waals surface area contributed by atoms with Crippen LogP contribution in [0.3, 0.4) is 0 Å². The number of hydrogen-bond acceptors (Lipinski definition) is 2. The van der Waals surface area contributed by atoms with Gasteiger partial charge < -0.3 is 5.11 Å². The fourth-order valence-corrected chi connectivity index (χ4v) is 4.17. The Morgan fingerprint density at radius 3 is 2.40 bits per heavy atom. The summed E-state index contributed by atoms with van der Waals surface area (Å²) in [5, 5.41) is 10.6. The lowest BCUT2D eigenvalue weighted by atomic mass is 9.74. The van der Waals surface area contributed by atoms with Crippen molar-refractivity contribution in [1.29, 1.82) is 0 Å². The maximum atomic E-state index is 10.6. The predicted octanol–water partition coefficient (Wildman–Crippen LogP) is 3.55. The summed E-state index contributed by atoms with van der Waals surface area (Å²) < 4.78 is 0. The van der Waals surface area contributed by atoms with Crippen LogP contribution in [0.1, 0.15) is 56.8 Å². The number of piperidine rings is 1. The van der Waals surface area contributed by atoms with Crippen LogP contribution in [0.4, 0.5) is 0 Å². The average molecular weight is 273 g/mol. The minimum absolute atomic E-state index is 0.290. The first-order valence-electron chi connectivity index (χ1n) is 8.19. The number of fused-ring (bicyclic) bond motifs is 1. The average Bonchev–Trinajstić information content (AvgIpc) is 2.85. The molecule has 2 heteroatoms. The Hall–Kier alpha value is -0.860. The van der Waals surface area contributed by atoms with Crippen LogP contribution < -0.4 is 0 Å². The Balaban J connectivity index is 1.69. The first kappa shape index (κ1) is 14.1. The number of rotatable bonds is 3. The van der Waals surface area contributed by atoms with Crippen molar-refractivity contribution >= 4 is 0 Å². The Morgan fingerprint density at radius 1 is 1.15 bits per heavy atom. The molecule has 1 aliphatic carbocycles. The molecule has 2 atom stereocenters. The molecule has 0 bridgehead atoms. The second kappa shape index (κ2) is 5.50. The topological polar surface area (TPSA) is 23.5 Å². The summed E-state index contributed by atoms with van der Waals surface area (Å²) in [5.41, 5.74) is 3.06. The minimum atomic E-state index is -0.290. The van der Waals surface area contributed by atoms with Crippen LogP contribution in [0, 0.1) is 5.41 Å². The van der Waals surface area contributed by atoms with Gasteiger partial charge in [-0.15, -0.1) is 0 Å². The van der Waals surface area contributed by atoms with E-state index in [4.69, 9.17) is 0 Å². The van der Waals surface area contributed by atoms with Crippen LogP contribution in [0.15, 0.2) is 24.3 Å². The van der Waals surface area contributed by atoms with E-state index in [1.54, 1.807) is 0 Å². The van der Waals surface area contributed by atoms with E-state index in [1.807, 2.05) is 6.07 Å². The molecule has 1 N–H and O–H groups in total.